The van der Waals surface area contributed by atoms with E-state index >= 15 is 0 Å². The highest BCUT2D eigenvalue weighted by Crippen LogP contribution is 2.31. The van der Waals surface area contributed by atoms with Gasteiger partial charge in [-0.1, -0.05) is 54.4 Å². The zero-order chi connectivity index (χ0) is 10.6. The zero-order valence-corrected chi connectivity index (χ0v) is 10.4. The molecule has 0 radical (unpaired) electrons. The molecule has 0 amide bonds. The van der Waals surface area contributed by atoms with Gasteiger partial charge in [0.25, 0.3) is 0 Å². The third kappa shape index (κ3) is 2.58. The van der Waals surface area contributed by atoms with Gasteiger partial charge in [0, 0.05) is 4.47 Å². The zero-order valence-electron chi connectivity index (χ0n) is 8.83. The van der Waals surface area contributed by atoms with Crippen molar-refractivity contribution in [2.75, 3.05) is 6.54 Å². The molecule has 0 heterocycles. The van der Waals surface area contributed by atoms with Gasteiger partial charge in [-0.3, -0.25) is 0 Å². The lowest BCUT2D eigenvalue weighted by Crippen LogP contribution is -2.19. The molecule has 0 bridgehead atoms. The predicted molar refractivity (Wildman–Crippen MR) is 65.4 cm³/mol. The maximum absolute atomic E-state index is 5.83. The first-order valence-corrected chi connectivity index (χ1v) is 5.94. The molecule has 2 heteroatoms. The number of benzene rings is 1. The molecule has 2 unspecified atom stereocenters. The Hall–Kier alpha value is -0.340. The summed E-state index contributed by atoms with van der Waals surface area (Å²) in [5, 5.41) is 0. The third-order valence-electron chi connectivity index (χ3n) is 2.89. The van der Waals surface area contributed by atoms with E-state index < -0.39 is 0 Å². The van der Waals surface area contributed by atoms with Gasteiger partial charge >= 0.3 is 0 Å². The van der Waals surface area contributed by atoms with E-state index in [4.69, 9.17) is 5.73 Å². The van der Waals surface area contributed by atoms with Gasteiger partial charge in [-0.15, -0.1) is 0 Å². The lowest BCUT2D eigenvalue weighted by atomic mass is 9.86. The maximum Gasteiger partial charge on any atom is 0.0210 e. The normalized spacial score (nSPS) is 15.1. The molecule has 0 aliphatic carbocycles. The first-order chi connectivity index (χ1) is 6.70. The first-order valence-electron chi connectivity index (χ1n) is 5.15. The van der Waals surface area contributed by atoms with Crippen LogP contribution in [0.15, 0.2) is 28.7 Å². The summed E-state index contributed by atoms with van der Waals surface area (Å²) >= 11 is 3.58. The molecular weight excluding hydrogens is 238 g/mol. The van der Waals surface area contributed by atoms with E-state index in [0.717, 1.165) is 6.54 Å². The molecule has 0 fully saturated rings. The fraction of sp³-hybridized carbons (Fsp3) is 0.500. The van der Waals surface area contributed by atoms with Crippen molar-refractivity contribution in [3.05, 3.63) is 34.3 Å². The average molecular weight is 256 g/mol. The van der Waals surface area contributed by atoms with Crippen LogP contribution in [-0.2, 0) is 0 Å². The second-order valence-corrected chi connectivity index (χ2v) is 4.60. The lowest BCUT2D eigenvalue weighted by molar-refractivity contribution is 0.451. The minimum absolute atomic E-state index is 0.468. The van der Waals surface area contributed by atoms with Crippen LogP contribution < -0.4 is 5.73 Å². The van der Waals surface area contributed by atoms with E-state index in [1.54, 1.807) is 0 Å². The van der Waals surface area contributed by atoms with Gasteiger partial charge < -0.3 is 5.73 Å². The molecule has 0 aliphatic heterocycles. The Morgan fingerprint density at radius 2 is 2.00 bits per heavy atom. The van der Waals surface area contributed by atoms with Crippen LogP contribution in [0.4, 0.5) is 0 Å². The molecule has 0 aromatic heterocycles. The number of hydrogen-bond acceptors (Lipinski definition) is 1. The Labute approximate surface area is 94.8 Å². The molecule has 0 saturated heterocycles. The van der Waals surface area contributed by atoms with Crippen LogP contribution in [0.5, 0.6) is 0 Å². The smallest absolute Gasteiger partial charge is 0.0210 e. The van der Waals surface area contributed by atoms with Gasteiger partial charge in [0.2, 0.25) is 0 Å². The molecule has 2 N–H and O–H groups in total. The van der Waals surface area contributed by atoms with Crippen LogP contribution >= 0.6 is 15.9 Å². The van der Waals surface area contributed by atoms with Crippen molar-refractivity contribution in [2.24, 2.45) is 11.7 Å². The summed E-state index contributed by atoms with van der Waals surface area (Å²) in [6.45, 7) is 5.19. The molecule has 14 heavy (non-hydrogen) atoms. The van der Waals surface area contributed by atoms with E-state index in [1.165, 1.54) is 16.5 Å². The SMILES string of the molecule is CCC(C)C(CN)c1ccccc1Br. The first kappa shape index (κ1) is 11.7. The standard InChI is InChI=1S/C12H18BrN/c1-3-9(2)11(8-14)10-6-4-5-7-12(10)13/h4-7,9,11H,3,8,14H2,1-2H3. The third-order valence-corrected chi connectivity index (χ3v) is 3.61. The van der Waals surface area contributed by atoms with Crippen molar-refractivity contribution in [3.8, 4) is 0 Å². The van der Waals surface area contributed by atoms with Gasteiger partial charge in [-0.2, -0.15) is 0 Å². The molecule has 1 aromatic rings. The van der Waals surface area contributed by atoms with E-state index in [1.807, 2.05) is 6.07 Å². The second-order valence-electron chi connectivity index (χ2n) is 3.75. The molecule has 78 valence electrons. The van der Waals surface area contributed by atoms with Gasteiger partial charge in [0.15, 0.2) is 0 Å². The Bertz CT molecular complexity index is 285. The van der Waals surface area contributed by atoms with E-state index in [-0.39, 0.29) is 0 Å². The van der Waals surface area contributed by atoms with Gasteiger partial charge in [0.1, 0.15) is 0 Å². The fourth-order valence-corrected chi connectivity index (χ4v) is 2.30. The summed E-state index contributed by atoms with van der Waals surface area (Å²) in [7, 11) is 0. The summed E-state index contributed by atoms with van der Waals surface area (Å²) < 4.78 is 1.18. The average Bonchev–Trinajstić information content (AvgIpc) is 2.21. The topological polar surface area (TPSA) is 26.0 Å². The summed E-state index contributed by atoms with van der Waals surface area (Å²) in [5.41, 5.74) is 7.17. The molecule has 0 saturated carbocycles. The lowest BCUT2D eigenvalue weighted by Gasteiger charge is -2.22. The number of hydrogen-bond donors (Lipinski definition) is 1. The summed E-state index contributed by atoms with van der Waals surface area (Å²) in [5.74, 6) is 1.11. The second kappa shape index (κ2) is 5.52. The highest BCUT2D eigenvalue weighted by molar-refractivity contribution is 9.10. The Balaban J connectivity index is 2.94. The molecule has 1 aromatic carbocycles. The minimum Gasteiger partial charge on any atom is -0.330 e. The van der Waals surface area contributed by atoms with Gasteiger partial charge in [0.05, 0.1) is 0 Å². The van der Waals surface area contributed by atoms with Crippen molar-refractivity contribution < 1.29 is 0 Å². The van der Waals surface area contributed by atoms with Crippen molar-refractivity contribution in [1.29, 1.82) is 0 Å². The Kier molecular flexibility index (Phi) is 4.63. The van der Waals surface area contributed by atoms with Crippen LogP contribution in [0.2, 0.25) is 0 Å². The summed E-state index contributed by atoms with van der Waals surface area (Å²) in [4.78, 5) is 0. The fourth-order valence-electron chi connectivity index (χ4n) is 1.73. The van der Waals surface area contributed by atoms with E-state index in [2.05, 4.69) is 48.0 Å². The van der Waals surface area contributed by atoms with Crippen molar-refractivity contribution in [3.63, 3.8) is 0 Å². The molecular formula is C12H18BrN. The van der Waals surface area contributed by atoms with Crippen LogP contribution in [-0.4, -0.2) is 6.54 Å². The molecule has 0 spiro atoms. The quantitative estimate of drug-likeness (QED) is 0.876. The van der Waals surface area contributed by atoms with Gasteiger partial charge in [-0.25, -0.2) is 0 Å². The van der Waals surface area contributed by atoms with Crippen molar-refractivity contribution in [1.82, 2.24) is 0 Å². The number of halogens is 1. The van der Waals surface area contributed by atoms with Crippen LogP contribution in [0, 0.1) is 5.92 Å². The summed E-state index contributed by atoms with van der Waals surface area (Å²) in [6.07, 6.45) is 1.17. The van der Waals surface area contributed by atoms with Crippen LogP contribution in [0.1, 0.15) is 31.7 Å². The van der Waals surface area contributed by atoms with Crippen LogP contribution in [0.3, 0.4) is 0 Å². The van der Waals surface area contributed by atoms with Crippen LogP contribution in [0.25, 0.3) is 0 Å². The number of rotatable bonds is 4. The number of nitrogens with two attached hydrogens (primary N) is 1. The van der Waals surface area contributed by atoms with E-state index in [9.17, 15) is 0 Å². The highest BCUT2D eigenvalue weighted by atomic mass is 79.9. The van der Waals surface area contributed by atoms with Gasteiger partial charge in [-0.05, 0) is 30.0 Å². The molecule has 2 atom stereocenters. The minimum atomic E-state index is 0.468. The monoisotopic (exact) mass is 255 g/mol. The predicted octanol–water partition coefficient (Wildman–Crippen LogP) is 3.54. The summed E-state index contributed by atoms with van der Waals surface area (Å²) in [6, 6.07) is 8.36. The molecule has 1 rings (SSSR count). The molecule has 0 aliphatic rings. The highest BCUT2D eigenvalue weighted by Gasteiger charge is 2.17. The Morgan fingerprint density at radius 1 is 1.36 bits per heavy atom. The van der Waals surface area contributed by atoms with E-state index in [0.29, 0.717) is 11.8 Å². The van der Waals surface area contributed by atoms with Crippen molar-refractivity contribution >= 4 is 15.9 Å². The maximum atomic E-state index is 5.83. The largest absolute Gasteiger partial charge is 0.330 e. The van der Waals surface area contributed by atoms with Crippen molar-refractivity contribution in [2.45, 2.75) is 26.2 Å². The molecule has 1 nitrogen and oxygen atoms in total. The Morgan fingerprint density at radius 3 is 2.50 bits per heavy atom.